The summed E-state index contributed by atoms with van der Waals surface area (Å²) < 4.78 is 4.99. The summed E-state index contributed by atoms with van der Waals surface area (Å²) >= 11 is 0. The van der Waals surface area contributed by atoms with Crippen molar-refractivity contribution < 1.29 is 19.4 Å². The molecule has 0 N–H and O–H groups in total. The summed E-state index contributed by atoms with van der Waals surface area (Å²) in [5, 5.41) is 21.7. The van der Waals surface area contributed by atoms with Gasteiger partial charge in [0, 0.05) is 11.6 Å². The Labute approximate surface area is 136 Å². The molecule has 0 saturated heterocycles. The Bertz CT molecular complexity index is 827. The molecule has 0 amide bonds. The number of hydrogen-bond donors (Lipinski definition) is 0. The van der Waals surface area contributed by atoms with Crippen LogP contribution in [0.4, 0.5) is 11.4 Å². The average molecular weight is 328 g/mol. The second-order valence-electron chi connectivity index (χ2n) is 4.68. The highest BCUT2D eigenvalue weighted by atomic mass is 16.6. The SMILES string of the molecule is COc1ccc(C(=O)/C=C/c2ccc([N+](=O)[O-])cc2[N+](=O)[O-])cc1. The predicted molar refractivity (Wildman–Crippen MR) is 86.1 cm³/mol. The number of ether oxygens (including phenoxy) is 1. The second-order valence-corrected chi connectivity index (χ2v) is 4.68. The lowest BCUT2D eigenvalue weighted by Crippen LogP contribution is -1.96. The standard InChI is InChI=1S/C16H12N2O6/c1-24-14-7-3-12(4-8-14)16(19)9-5-11-2-6-13(17(20)21)10-15(11)18(22)23/h2-10H,1H3/b9-5+. The molecule has 0 bridgehead atoms. The number of allylic oxidation sites excluding steroid dienone is 1. The van der Waals surface area contributed by atoms with Gasteiger partial charge >= 0.3 is 0 Å². The van der Waals surface area contributed by atoms with E-state index in [1.807, 2.05) is 0 Å². The molecule has 2 aromatic carbocycles. The van der Waals surface area contributed by atoms with E-state index in [4.69, 9.17) is 4.74 Å². The topological polar surface area (TPSA) is 113 Å². The maximum absolute atomic E-state index is 12.1. The first-order valence-electron chi connectivity index (χ1n) is 6.71. The van der Waals surface area contributed by atoms with Gasteiger partial charge in [-0.2, -0.15) is 0 Å². The van der Waals surface area contributed by atoms with Crippen LogP contribution in [0, 0.1) is 20.2 Å². The maximum atomic E-state index is 12.1. The van der Waals surface area contributed by atoms with Gasteiger partial charge in [-0.15, -0.1) is 0 Å². The Hall–Kier alpha value is -3.55. The summed E-state index contributed by atoms with van der Waals surface area (Å²) in [6.07, 6.45) is 2.43. The number of rotatable bonds is 6. The second kappa shape index (κ2) is 7.14. The van der Waals surface area contributed by atoms with E-state index in [0.29, 0.717) is 11.3 Å². The molecule has 0 aliphatic rings. The Morgan fingerprint density at radius 1 is 1.04 bits per heavy atom. The average Bonchev–Trinajstić information content (AvgIpc) is 2.59. The van der Waals surface area contributed by atoms with Crippen molar-refractivity contribution in [2.24, 2.45) is 0 Å². The molecule has 0 unspecified atom stereocenters. The van der Waals surface area contributed by atoms with Crippen molar-refractivity contribution in [1.82, 2.24) is 0 Å². The number of hydrogen-bond acceptors (Lipinski definition) is 6. The van der Waals surface area contributed by atoms with E-state index in [9.17, 15) is 25.0 Å². The van der Waals surface area contributed by atoms with E-state index in [1.165, 1.54) is 25.3 Å². The van der Waals surface area contributed by atoms with Crippen LogP contribution in [0.2, 0.25) is 0 Å². The molecular formula is C16H12N2O6. The summed E-state index contributed by atoms with van der Waals surface area (Å²) in [5.74, 6) is 0.242. The molecule has 0 spiro atoms. The molecule has 2 rings (SSSR count). The quantitative estimate of drug-likeness (QED) is 0.347. The van der Waals surface area contributed by atoms with Crippen molar-refractivity contribution in [3.05, 3.63) is 79.9 Å². The molecule has 24 heavy (non-hydrogen) atoms. The van der Waals surface area contributed by atoms with Crippen molar-refractivity contribution in [3.8, 4) is 5.75 Å². The van der Waals surface area contributed by atoms with Gasteiger partial charge in [-0.1, -0.05) is 0 Å². The lowest BCUT2D eigenvalue weighted by Gasteiger charge is -2.00. The van der Waals surface area contributed by atoms with Gasteiger partial charge < -0.3 is 4.74 Å². The third kappa shape index (κ3) is 3.80. The van der Waals surface area contributed by atoms with E-state index in [0.717, 1.165) is 12.1 Å². The number of carbonyl (C=O) groups excluding carboxylic acids is 1. The highest BCUT2D eigenvalue weighted by Crippen LogP contribution is 2.25. The minimum Gasteiger partial charge on any atom is -0.497 e. The zero-order valence-electron chi connectivity index (χ0n) is 12.5. The number of benzene rings is 2. The Morgan fingerprint density at radius 3 is 2.25 bits per heavy atom. The molecule has 122 valence electrons. The summed E-state index contributed by atoms with van der Waals surface area (Å²) in [7, 11) is 1.50. The summed E-state index contributed by atoms with van der Waals surface area (Å²) in [4.78, 5) is 32.3. The predicted octanol–water partition coefficient (Wildman–Crippen LogP) is 3.41. The van der Waals surface area contributed by atoms with Gasteiger partial charge in [-0.25, -0.2) is 0 Å². The van der Waals surface area contributed by atoms with Crippen molar-refractivity contribution in [2.45, 2.75) is 0 Å². The van der Waals surface area contributed by atoms with Crippen LogP contribution < -0.4 is 4.74 Å². The van der Waals surface area contributed by atoms with Crippen LogP contribution in [0.5, 0.6) is 5.75 Å². The maximum Gasteiger partial charge on any atom is 0.283 e. The van der Waals surface area contributed by atoms with Crippen molar-refractivity contribution in [1.29, 1.82) is 0 Å². The molecule has 0 aliphatic carbocycles. The number of nitrogens with zero attached hydrogens (tertiary/aromatic N) is 2. The van der Waals surface area contributed by atoms with Crippen molar-refractivity contribution in [2.75, 3.05) is 7.11 Å². The molecule has 0 heterocycles. The largest absolute Gasteiger partial charge is 0.497 e. The zero-order valence-corrected chi connectivity index (χ0v) is 12.5. The Kier molecular flexibility index (Phi) is 5.00. The number of nitro benzene ring substituents is 2. The van der Waals surface area contributed by atoms with Crippen LogP contribution in [0.15, 0.2) is 48.5 Å². The van der Waals surface area contributed by atoms with Gasteiger partial charge in [0.15, 0.2) is 5.78 Å². The summed E-state index contributed by atoms with van der Waals surface area (Å²) in [5.41, 5.74) is -0.340. The van der Waals surface area contributed by atoms with Crippen LogP contribution in [0.3, 0.4) is 0 Å². The summed E-state index contributed by atoms with van der Waals surface area (Å²) in [6.45, 7) is 0. The molecule has 0 aliphatic heterocycles. The van der Waals surface area contributed by atoms with E-state index >= 15 is 0 Å². The number of non-ortho nitro benzene ring substituents is 1. The first-order chi connectivity index (χ1) is 11.4. The van der Waals surface area contributed by atoms with E-state index in [1.54, 1.807) is 24.3 Å². The Morgan fingerprint density at radius 2 is 1.71 bits per heavy atom. The van der Waals surface area contributed by atoms with Gasteiger partial charge in [-0.3, -0.25) is 25.0 Å². The summed E-state index contributed by atoms with van der Waals surface area (Å²) in [6, 6.07) is 9.60. The normalized spacial score (nSPS) is 10.5. The molecule has 0 atom stereocenters. The molecule has 0 aromatic heterocycles. The van der Waals surface area contributed by atoms with Gasteiger partial charge in [-0.05, 0) is 42.5 Å². The highest BCUT2D eigenvalue weighted by molar-refractivity contribution is 6.07. The molecule has 2 aromatic rings. The van der Waals surface area contributed by atoms with E-state index in [2.05, 4.69) is 0 Å². The van der Waals surface area contributed by atoms with Crippen LogP contribution in [0.25, 0.3) is 6.08 Å². The molecule has 0 radical (unpaired) electrons. The third-order valence-corrected chi connectivity index (χ3v) is 3.21. The smallest absolute Gasteiger partial charge is 0.283 e. The lowest BCUT2D eigenvalue weighted by atomic mass is 10.1. The van der Waals surface area contributed by atoms with E-state index < -0.39 is 15.5 Å². The fourth-order valence-corrected chi connectivity index (χ4v) is 1.96. The highest BCUT2D eigenvalue weighted by Gasteiger charge is 2.17. The molecular weight excluding hydrogens is 316 g/mol. The monoisotopic (exact) mass is 328 g/mol. The van der Waals surface area contributed by atoms with Crippen molar-refractivity contribution in [3.63, 3.8) is 0 Å². The van der Waals surface area contributed by atoms with E-state index in [-0.39, 0.29) is 17.0 Å². The Balaban J connectivity index is 2.28. The van der Waals surface area contributed by atoms with Gasteiger partial charge in [0.2, 0.25) is 0 Å². The molecule has 8 heteroatoms. The molecule has 0 saturated carbocycles. The number of methoxy groups -OCH3 is 1. The van der Waals surface area contributed by atoms with Crippen LogP contribution in [0.1, 0.15) is 15.9 Å². The van der Waals surface area contributed by atoms with Gasteiger partial charge in [0.25, 0.3) is 11.4 Å². The first kappa shape index (κ1) is 16.8. The third-order valence-electron chi connectivity index (χ3n) is 3.21. The fourth-order valence-electron chi connectivity index (χ4n) is 1.96. The zero-order chi connectivity index (χ0) is 17.7. The van der Waals surface area contributed by atoms with Gasteiger partial charge in [0.1, 0.15) is 5.75 Å². The number of nitro groups is 2. The molecule has 0 fully saturated rings. The number of ketones is 1. The number of carbonyl (C=O) groups is 1. The van der Waals surface area contributed by atoms with Crippen molar-refractivity contribution >= 4 is 23.2 Å². The fraction of sp³-hybridized carbons (Fsp3) is 0.0625. The minimum absolute atomic E-state index is 0.104. The minimum atomic E-state index is -0.732. The van der Waals surface area contributed by atoms with Crippen LogP contribution in [-0.4, -0.2) is 22.7 Å². The molecule has 8 nitrogen and oxygen atoms in total. The van der Waals surface area contributed by atoms with Crippen LogP contribution >= 0.6 is 0 Å². The van der Waals surface area contributed by atoms with Crippen LogP contribution in [-0.2, 0) is 0 Å². The lowest BCUT2D eigenvalue weighted by molar-refractivity contribution is -0.394. The first-order valence-corrected chi connectivity index (χ1v) is 6.71. The van der Waals surface area contributed by atoms with Gasteiger partial charge in [0.05, 0.1) is 28.6 Å².